The van der Waals surface area contributed by atoms with E-state index in [0.29, 0.717) is 28.9 Å². The molecule has 158 valence electrons. The summed E-state index contributed by atoms with van der Waals surface area (Å²) in [5.74, 6) is 0.370. The minimum Gasteiger partial charge on any atom is -0.482 e. The highest BCUT2D eigenvalue weighted by Gasteiger charge is 2.23. The van der Waals surface area contributed by atoms with Crippen molar-refractivity contribution in [2.45, 2.75) is 32.9 Å². The monoisotopic (exact) mass is 482 g/mol. The Morgan fingerprint density at radius 3 is 2.90 bits per heavy atom. The number of rotatable bonds is 1. The van der Waals surface area contributed by atoms with Gasteiger partial charge in [0.15, 0.2) is 11.6 Å². The number of pyridine rings is 1. The molecule has 5 rings (SSSR count). The van der Waals surface area contributed by atoms with Crippen LogP contribution in [0.4, 0.5) is 10.2 Å². The molecule has 3 aromatic heterocycles. The summed E-state index contributed by atoms with van der Waals surface area (Å²) in [5, 5.41) is 9.18. The van der Waals surface area contributed by atoms with Gasteiger partial charge in [-0.05, 0) is 60.1 Å². The number of aryl methyl sites for hydroxylation is 1. The van der Waals surface area contributed by atoms with Gasteiger partial charge in [0.2, 0.25) is 0 Å². The van der Waals surface area contributed by atoms with E-state index in [1.807, 2.05) is 41.5 Å². The van der Waals surface area contributed by atoms with Gasteiger partial charge in [0, 0.05) is 41.5 Å². The number of nitrogen functional groups attached to an aromatic ring is 1. The summed E-state index contributed by atoms with van der Waals surface area (Å²) in [5.41, 5.74) is 11.3. The summed E-state index contributed by atoms with van der Waals surface area (Å²) in [6.45, 7) is 4.60. The molecular formula is C22H20BrFN6O. The first-order chi connectivity index (χ1) is 14.9. The Morgan fingerprint density at radius 1 is 1.26 bits per heavy atom. The standard InChI is InChI=1S/C22H20BrFN6O/c1-3-29-21-13(11-27-29)6-16-9-20(23)28-30(16)18-5-4-15(24)8-17(18)12(2)31-19-7-14(21)10-26-22(19)25/h4-5,7-12H,3,6H2,1-2H3,(H2,25,26). The Morgan fingerprint density at radius 2 is 2.10 bits per heavy atom. The highest BCUT2D eigenvalue weighted by atomic mass is 79.9. The van der Waals surface area contributed by atoms with E-state index in [1.54, 1.807) is 12.3 Å². The molecule has 2 N–H and O–H groups in total. The Bertz CT molecular complexity index is 1300. The van der Waals surface area contributed by atoms with E-state index in [4.69, 9.17) is 10.5 Å². The van der Waals surface area contributed by atoms with Gasteiger partial charge in [-0.3, -0.25) is 4.68 Å². The Hall–Kier alpha value is -3.20. The van der Waals surface area contributed by atoms with Crippen LogP contribution in [0.2, 0.25) is 0 Å². The van der Waals surface area contributed by atoms with Crippen LogP contribution in [0.25, 0.3) is 16.9 Å². The van der Waals surface area contributed by atoms with Crippen molar-refractivity contribution in [3.8, 4) is 22.7 Å². The lowest BCUT2D eigenvalue weighted by Gasteiger charge is -2.21. The number of anilines is 1. The Kier molecular flexibility index (Phi) is 4.77. The number of aromatic nitrogens is 5. The van der Waals surface area contributed by atoms with Crippen LogP contribution >= 0.6 is 15.9 Å². The highest BCUT2D eigenvalue weighted by Crippen LogP contribution is 2.36. The Labute approximate surface area is 186 Å². The van der Waals surface area contributed by atoms with Gasteiger partial charge in [0.25, 0.3) is 0 Å². The van der Waals surface area contributed by atoms with E-state index in [0.717, 1.165) is 28.2 Å². The number of hydrogen-bond donors (Lipinski definition) is 1. The maximum absolute atomic E-state index is 14.2. The van der Waals surface area contributed by atoms with Crippen LogP contribution in [0.3, 0.4) is 0 Å². The van der Waals surface area contributed by atoms with E-state index in [1.165, 1.54) is 12.1 Å². The van der Waals surface area contributed by atoms with Crippen LogP contribution in [0.1, 0.15) is 36.8 Å². The molecule has 1 aliphatic rings. The molecule has 4 aromatic rings. The molecule has 0 amide bonds. The lowest BCUT2D eigenvalue weighted by Crippen LogP contribution is -2.13. The molecular weight excluding hydrogens is 463 g/mol. The van der Waals surface area contributed by atoms with Crippen LogP contribution < -0.4 is 10.5 Å². The van der Waals surface area contributed by atoms with E-state index < -0.39 is 6.10 Å². The largest absolute Gasteiger partial charge is 0.482 e. The topological polar surface area (TPSA) is 83.8 Å². The summed E-state index contributed by atoms with van der Waals surface area (Å²) in [6.07, 6.45) is 3.68. The summed E-state index contributed by atoms with van der Waals surface area (Å²) >= 11 is 3.49. The van der Waals surface area contributed by atoms with Crippen molar-refractivity contribution >= 4 is 21.7 Å². The van der Waals surface area contributed by atoms with Crippen LogP contribution in [-0.2, 0) is 13.0 Å². The smallest absolute Gasteiger partial charge is 0.166 e. The number of hydrogen-bond acceptors (Lipinski definition) is 5. The molecule has 1 unspecified atom stereocenters. The molecule has 31 heavy (non-hydrogen) atoms. The predicted octanol–water partition coefficient (Wildman–Crippen LogP) is 4.68. The third-order valence-electron chi connectivity index (χ3n) is 5.45. The molecule has 0 radical (unpaired) electrons. The van der Waals surface area contributed by atoms with Gasteiger partial charge >= 0.3 is 0 Å². The van der Waals surface area contributed by atoms with Crippen molar-refractivity contribution in [3.63, 3.8) is 0 Å². The van der Waals surface area contributed by atoms with Crippen LogP contribution in [0.15, 0.2) is 47.3 Å². The average Bonchev–Trinajstić information content (AvgIpc) is 3.32. The molecule has 9 heteroatoms. The SMILES string of the molecule is CCn1ncc2c1-c1cnc(N)c(c1)OC(C)c1cc(F)ccc1-n1nc(Br)cc1C2. The van der Waals surface area contributed by atoms with Crippen LogP contribution in [0.5, 0.6) is 5.75 Å². The number of nitrogens with zero attached hydrogens (tertiary/aromatic N) is 5. The summed E-state index contributed by atoms with van der Waals surface area (Å²) < 4.78 is 24.8. The second-order valence-electron chi connectivity index (χ2n) is 7.45. The number of nitrogens with two attached hydrogens (primary N) is 1. The third kappa shape index (κ3) is 3.38. The highest BCUT2D eigenvalue weighted by molar-refractivity contribution is 9.10. The normalized spacial score (nSPS) is 15.2. The van der Waals surface area contributed by atoms with Crippen LogP contribution in [-0.4, -0.2) is 24.5 Å². The first-order valence-corrected chi connectivity index (χ1v) is 10.8. The van der Waals surface area contributed by atoms with Crippen molar-refractivity contribution in [3.05, 3.63) is 70.0 Å². The molecule has 0 aliphatic carbocycles. The lowest BCUT2D eigenvalue weighted by molar-refractivity contribution is 0.226. The van der Waals surface area contributed by atoms with Crippen molar-refractivity contribution in [1.82, 2.24) is 24.5 Å². The summed E-state index contributed by atoms with van der Waals surface area (Å²) in [6, 6.07) is 8.45. The minimum atomic E-state index is -0.490. The zero-order valence-corrected chi connectivity index (χ0v) is 18.6. The fourth-order valence-corrected chi connectivity index (χ4v) is 4.44. The van der Waals surface area contributed by atoms with E-state index >= 15 is 0 Å². The maximum atomic E-state index is 14.2. The number of benzene rings is 1. The van der Waals surface area contributed by atoms with Gasteiger partial charge in [-0.25, -0.2) is 14.1 Å². The zero-order valence-electron chi connectivity index (χ0n) is 17.0. The van der Waals surface area contributed by atoms with E-state index in [-0.39, 0.29) is 11.6 Å². The molecule has 1 aliphatic heterocycles. The maximum Gasteiger partial charge on any atom is 0.166 e. The van der Waals surface area contributed by atoms with E-state index in [9.17, 15) is 4.39 Å². The molecule has 1 aromatic carbocycles. The van der Waals surface area contributed by atoms with Gasteiger partial charge in [0.1, 0.15) is 16.5 Å². The average molecular weight is 483 g/mol. The quantitative estimate of drug-likeness (QED) is 0.425. The van der Waals surface area contributed by atoms with Crippen molar-refractivity contribution in [2.75, 3.05) is 5.73 Å². The van der Waals surface area contributed by atoms with Crippen molar-refractivity contribution < 1.29 is 9.13 Å². The second kappa shape index (κ2) is 7.49. The van der Waals surface area contributed by atoms with Crippen LogP contribution in [0, 0.1) is 5.82 Å². The molecule has 2 bridgehead atoms. The lowest BCUT2D eigenvalue weighted by atomic mass is 10.0. The fraction of sp³-hybridized carbons (Fsp3) is 0.227. The third-order valence-corrected chi connectivity index (χ3v) is 5.84. The van der Waals surface area contributed by atoms with Gasteiger partial charge in [-0.1, -0.05) is 0 Å². The van der Waals surface area contributed by atoms with Crippen molar-refractivity contribution in [2.24, 2.45) is 0 Å². The molecule has 0 fully saturated rings. The molecule has 0 saturated carbocycles. The summed E-state index contributed by atoms with van der Waals surface area (Å²) in [7, 11) is 0. The molecule has 0 spiro atoms. The Balaban J connectivity index is 1.81. The minimum absolute atomic E-state index is 0.275. The summed E-state index contributed by atoms with van der Waals surface area (Å²) in [4.78, 5) is 4.35. The van der Waals surface area contributed by atoms with Crippen molar-refractivity contribution in [1.29, 1.82) is 0 Å². The number of ether oxygens (including phenoxy) is 1. The molecule has 7 nitrogen and oxygen atoms in total. The number of halogens is 2. The zero-order chi connectivity index (χ0) is 21.7. The van der Waals surface area contributed by atoms with Gasteiger partial charge in [0.05, 0.1) is 17.6 Å². The van der Waals surface area contributed by atoms with Gasteiger partial charge < -0.3 is 10.5 Å². The van der Waals surface area contributed by atoms with Gasteiger partial charge in [-0.2, -0.15) is 10.2 Å². The molecule has 4 heterocycles. The van der Waals surface area contributed by atoms with E-state index in [2.05, 4.69) is 31.1 Å². The first kappa shape index (κ1) is 19.7. The fourth-order valence-electron chi connectivity index (χ4n) is 4.02. The van der Waals surface area contributed by atoms with Gasteiger partial charge in [-0.15, -0.1) is 0 Å². The second-order valence-corrected chi connectivity index (χ2v) is 8.26. The molecule has 0 saturated heterocycles. The predicted molar refractivity (Wildman–Crippen MR) is 119 cm³/mol. The molecule has 1 atom stereocenters. The first-order valence-electron chi connectivity index (χ1n) is 9.96. The number of fused-ring (bicyclic) bond motifs is 7.